The van der Waals surface area contributed by atoms with Crippen LogP contribution in [0.4, 0.5) is 0 Å². The Labute approximate surface area is 111 Å². The lowest BCUT2D eigenvalue weighted by Crippen LogP contribution is -2.48. The van der Waals surface area contributed by atoms with E-state index >= 15 is 0 Å². The lowest BCUT2D eigenvalue weighted by atomic mass is 10.0. The summed E-state index contributed by atoms with van der Waals surface area (Å²) in [6.07, 6.45) is 4.78. The fourth-order valence-electron chi connectivity index (χ4n) is 2.38. The summed E-state index contributed by atoms with van der Waals surface area (Å²) >= 11 is 0. The molecular formula is C12H27N3O2S. The minimum Gasteiger partial charge on any atom is -0.330 e. The topological polar surface area (TPSA) is 66.6 Å². The van der Waals surface area contributed by atoms with Crippen molar-refractivity contribution >= 4 is 10.0 Å². The van der Waals surface area contributed by atoms with Crippen LogP contribution in [0.15, 0.2) is 0 Å². The normalized spacial score (nSPS) is 21.1. The molecule has 18 heavy (non-hydrogen) atoms. The minimum absolute atomic E-state index is 0.636. The van der Waals surface area contributed by atoms with Gasteiger partial charge in [-0.25, -0.2) is 8.42 Å². The van der Waals surface area contributed by atoms with Crippen molar-refractivity contribution < 1.29 is 8.42 Å². The van der Waals surface area contributed by atoms with E-state index in [1.165, 1.54) is 19.1 Å². The number of nitrogens with two attached hydrogens (primary N) is 1. The first-order valence-electron chi connectivity index (χ1n) is 6.81. The van der Waals surface area contributed by atoms with Crippen molar-refractivity contribution in [3.8, 4) is 0 Å². The van der Waals surface area contributed by atoms with E-state index in [-0.39, 0.29) is 0 Å². The third-order valence-corrected chi connectivity index (χ3v) is 4.93. The molecule has 0 aliphatic carbocycles. The van der Waals surface area contributed by atoms with Gasteiger partial charge in [-0.1, -0.05) is 6.92 Å². The second kappa shape index (κ2) is 7.43. The van der Waals surface area contributed by atoms with E-state index in [0.717, 1.165) is 32.6 Å². The van der Waals surface area contributed by atoms with Gasteiger partial charge in [-0.15, -0.1) is 0 Å². The Morgan fingerprint density at radius 3 is 2.28 bits per heavy atom. The molecule has 108 valence electrons. The van der Waals surface area contributed by atoms with Gasteiger partial charge in [-0.2, -0.15) is 4.31 Å². The fraction of sp³-hybridized carbons (Fsp3) is 1.00. The Kier molecular flexibility index (Phi) is 6.55. The van der Waals surface area contributed by atoms with E-state index in [2.05, 4.69) is 11.8 Å². The van der Waals surface area contributed by atoms with E-state index in [1.54, 1.807) is 4.31 Å². The Balaban J connectivity index is 2.16. The molecule has 0 bridgehead atoms. The van der Waals surface area contributed by atoms with E-state index in [0.29, 0.717) is 19.0 Å². The maximum absolute atomic E-state index is 11.4. The lowest BCUT2D eigenvalue weighted by Gasteiger charge is -2.33. The molecule has 0 radical (unpaired) electrons. The first-order chi connectivity index (χ1) is 8.43. The molecule has 1 aliphatic heterocycles. The highest BCUT2D eigenvalue weighted by atomic mass is 32.2. The molecule has 1 heterocycles. The maximum atomic E-state index is 11.4. The summed E-state index contributed by atoms with van der Waals surface area (Å²) in [5.74, 6) is 0.701. The smallest absolute Gasteiger partial charge is 0.211 e. The van der Waals surface area contributed by atoms with Crippen LogP contribution in [0.2, 0.25) is 0 Å². The Hall–Kier alpha value is -0.170. The first-order valence-corrected chi connectivity index (χ1v) is 8.66. The average Bonchev–Trinajstić information content (AvgIpc) is 2.29. The predicted molar refractivity (Wildman–Crippen MR) is 74.9 cm³/mol. The highest BCUT2D eigenvalue weighted by molar-refractivity contribution is 7.88. The molecule has 0 aromatic heterocycles. The molecule has 0 aromatic rings. The highest BCUT2D eigenvalue weighted by Gasteiger charge is 2.22. The number of sulfonamides is 1. The molecule has 1 fully saturated rings. The first kappa shape index (κ1) is 15.9. The summed E-state index contributed by atoms with van der Waals surface area (Å²) in [5.41, 5.74) is 5.53. The second-order valence-electron chi connectivity index (χ2n) is 5.33. The van der Waals surface area contributed by atoms with E-state index in [9.17, 15) is 8.42 Å². The Bertz CT molecular complexity index is 324. The van der Waals surface area contributed by atoms with Crippen LogP contribution in [0.1, 0.15) is 26.2 Å². The van der Waals surface area contributed by atoms with Gasteiger partial charge >= 0.3 is 0 Å². The Morgan fingerprint density at radius 1 is 1.17 bits per heavy atom. The molecule has 1 rings (SSSR count). The van der Waals surface area contributed by atoms with E-state index in [4.69, 9.17) is 5.73 Å². The third kappa shape index (κ3) is 5.65. The van der Waals surface area contributed by atoms with Gasteiger partial charge < -0.3 is 10.6 Å². The van der Waals surface area contributed by atoms with Crippen molar-refractivity contribution in [2.45, 2.75) is 26.2 Å². The van der Waals surface area contributed by atoms with Crippen LogP contribution in [-0.2, 0) is 10.0 Å². The van der Waals surface area contributed by atoms with Gasteiger partial charge in [0.2, 0.25) is 10.0 Å². The van der Waals surface area contributed by atoms with E-state index < -0.39 is 10.0 Å². The zero-order chi connectivity index (χ0) is 13.6. The summed E-state index contributed by atoms with van der Waals surface area (Å²) in [6.45, 7) is 7.08. The lowest BCUT2D eigenvalue weighted by molar-refractivity contribution is 0.183. The van der Waals surface area contributed by atoms with Crippen LogP contribution in [0.25, 0.3) is 0 Å². The molecule has 1 atom stereocenters. The van der Waals surface area contributed by atoms with Crippen molar-refractivity contribution in [2.75, 3.05) is 45.5 Å². The monoisotopic (exact) mass is 277 g/mol. The zero-order valence-corrected chi connectivity index (χ0v) is 12.5. The zero-order valence-electron chi connectivity index (χ0n) is 11.6. The van der Waals surface area contributed by atoms with Gasteiger partial charge in [0.25, 0.3) is 0 Å². The molecule has 1 unspecified atom stereocenters. The molecular weight excluding hydrogens is 250 g/mol. The summed E-state index contributed by atoms with van der Waals surface area (Å²) in [5, 5.41) is 0. The molecule has 1 saturated heterocycles. The van der Waals surface area contributed by atoms with Crippen LogP contribution in [0.5, 0.6) is 0 Å². The summed E-state index contributed by atoms with van der Waals surface area (Å²) in [4.78, 5) is 2.36. The summed E-state index contributed by atoms with van der Waals surface area (Å²) in [7, 11) is -3.00. The van der Waals surface area contributed by atoms with Gasteiger partial charge in [0.05, 0.1) is 6.26 Å². The summed E-state index contributed by atoms with van der Waals surface area (Å²) in [6, 6.07) is 0. The van der Waals surface area contributed by atoms with Crippen LogP contribution in [-0.4, -0.2) is 63.1 Å². The number of rotatable bonds is 7. The predicted octanol–water partition coefficient (Wildman–Crippen LogP) is 0.329. The van der Waals surface area contributed by atoms with Crippen LogP contribution in [0.3, 0.4) is 0 Å². The molecule has 6 heteroatoms. The van der Waals surface area contributed by atoms with Gasteiger partial charge in [-0.05, 0) is 38.3 Å². The largest absolute Gasteiger partial charge is 0.330 e. The molecule has 2 N–H and O–H groups in total. The van der Waals surface area contributed by atoms with Crippen molar-refractivity contribution in [2.24, 2.45) is 11.7 Å². The molecule has 1 aliphatic rings. The van der Waals surface area contributed by atoms with Crippen molar-refractivity contribution in [1.82, 2.24) is 9.21 Å². The number of hydrogen-bond donors (Lipinski definition) is 1. The molecule has 0 spiro atoms. The van der Waals surface area contributed by atoms with Gasteiger partial charge in [0.1, 0.15) is 0 Å². The third-order valence-electron chi connectivity index (χ3n) is 3.63. The molecule has 0 aromatic carbocycles. The van der Waals surface area contributed by atoms with Gasteiger partial charge in [-0.3, -0.25) is 0 Å². The van der Waals surface area contributed by atoms with Crippen LogP contribution < -0.4 is 5.73 Å². The number of nitrogens with zero attached hydrogens (tertiary/aromatic N) is 2. The quantitative estimate of drug-likeness (QED) is 0.728. The second-order valence-corrected chi connectivity index (χ2v) is 7.31. The fourth-order valence-corrected chi connectivity index (χ4v) is 3.20. The van der Waals surface area contributed by atoms with Crippen LogP contribution >= 0.6 is 0 Å². The standard InChI is InChI=1S/C12H27N3O2S/c1-12(5-6-13)4-3-7-14-8-10-15(11-9-14)18(2,16)17/h12H,3-11,13H2,1-2H3. The number of hydrogen-bond acceptors (Lipinski definition) is 4. The Morgan fingerprint density at radius 2 is 1.78 bits per heavy atom. The van der Waals surface area contributed by atoms with Crippen LogP contribution in [0, 0.1) is 5.92 Å². The average molecular weight is 277 g/mol. The van der Waals surface area contributed by atoms with E-state index in [1.807, 2.05) is 0 Å². The SMILES string of the molecule is CC(CCN)CCCN1CCN(S(C)(=O)=O)CC1. The van der Waals surface area contributed by atoms with Crippen molar-refractivity contribution in [3.63, 3.8) is 0 Å². The maximum Gasteiger partial charge on any atom is 0.211 e. The minimum atomic E-state index is -3.00. The molecule has 5 nitrogen and oxygen atoms in total. The van der Waals surface area contributed by atoms with Gasteiger partial charge in [0.15, 0.2) is 0 Å². The van der Waals surface area contributed by atoms with Crippen molar-refractivity contribution in [3.05, 3.63) is 0 Å². The number of piperazine rings is 1. The summed E-state index contributed by atoms with van der Waals surface area (Å²) < 4.78 is 24.3. The van der Waals surface area contributed by atoms with Crippen molar-refractivity contribution in [1.29, 1.82) is 0 Å². The van der Waals surface area contributed by atoms with Gasteiger partial charge in [0, 0.05) is 26.2 Å². The highest BCUT2D eigenvalue weighted by Crippen LogP contribution is 2.11. The molecule has 0 amide bonds. The molecule has 0 saturated carbocycles.